The van der Waals surface area contributed by atoms with Gasteiger partial charge < -0.3 is 9.52 Å². The third kappa shape index (κ3) is 3.99. The van der Waals surface area contributed by atoms with Gasteiger partial charge in [-0.3, -0.25) is 10.3 Å². The van der Waals surface area contributed by atoms with Crippen LogP contribution in [0.4, 0.5) is 0 Å². The summed E-state index contributed by atoms with van der Waals surface area (Å²) in [6, 6.07) is 17.0. The fourth-order valence-corrected chi connectivity index (χ4v) is 2.63. The Kier molecular flexibility index (Phi) is 5.08. The van der Waals surface area contributed by atoms with Crippen LogP contribution in [0.5, 0.6) is 0 Å². The molecule has 0 amide bonds. The van der Waals surface area contributed by atoms with Crippen LogP contribution in [0.25, 0.3) is 0 Å². The second-order valence-electron chi connectivity index (χ2n) is 5.15. The molecule has 2 N–H and O–H groups in total. The van der Waals surface area contributed by atoms with E-state index >= 15 is 0 Å². The highest BCUT2D eigenvalue weighted by Crippen LogP contribution is 2.23. The van der Waals surface area contributed by atoms with Crippen molar-refractivity contribution in [2.45, 2.75) is 19.2 Å². The molecule has 0 aliphatic heterocycles. The predicted molar refractivity (Wildman–Crippen MR) is 89.0 cm³/mol. The molecule has 2 aromatic heterocycles. The van der Waals surface area contributed by atoms with E-state index in [9.17, 15) is 0 Å². The van der Waals surface area contributed by atoms with Gasteiger partial charge in [0.1, 0.15) is 18.1 Å². The smallest absolute Gasteiger partial charge is 0.129 e. The number of aliphatic hydroxyl groups excluding tert-OH is 1. The largest absolute Gasteiger partial charge is 0.462 e. The van der Waals surface area contributed by atoms with E-state index in [1.54, 1.807) is 12.3 Å². The van der Waals surface area contributed by atoms with E-state index in [0.29, 0.717) is 17.3 Å². The molecule has 0 spiro atoms. The first-order valence-electron chi connectivity index (χ1n) is 7.34. The fraction of sp³-hybridized carbons (Fsp3) is 0.167. The Morgan fingerprint density at radius 1 is 1.09 bits per heavy atom. The van der Waals surface area contributed by atoms with E-state index in [1.807, 2.05) is 48.5 Å². The summed E-state index contributed by atoms with van der Waals surface area (Å²) in [7, 11) is 0. The number of nitrogens with zero attached hydrogens (tertiary/aromatic N) is 1. The van der Waals surface area contributed by atoms with E-state index in [-0.39, 0.29) is 12.6 Å². The van der Waals surface area contributed by atoms with Gasteiger partial charge in [-0.1, -0.05) is 29.8 Å². The van der Waals surface area contributed by atoms with Gasteiger partial charge in [0, 0.05) is 11.2 Å². The first-order valence-corrected chi connectivity index (χ1v) is 7.72. The maximum absolute atomic E-state index is 9.08. The number of nitrogens with one attached hydrogen (secondary N) is 1. The number of pyridine rings is 1. The second kappa shape index (κ2) is 7.42. The van der Waals surface area contributed by atoms with Gasteiger partial charge in [-0.2, -0.15) is 0 Å². The van der Waals surface area contributed by atoms with Gasteiger partial charge in [0.2, 0.25) is 0 Å². The fourth-order valence-electron chi connectivity index (χ4n) is 2.43. The summed E-state index contributed by atoms with van der Waals surface area (Å²) < 4.78 is 5.52. The third-order valence-electron chi connectivity index (χ3n) is 3.52. The first-order chi connectivity index (χ1) is 11.3. The zero-order chi connectivity index (χ0) is 16.1. The van der Waals surface area contributed by atoms with Crippen LogP contribution >= 0.6 is 11.6 Å². The van der Waals surface area contributed by atoms with Crippen LogP contribution in [0.2, 0.25) is 5.02 Å². The molecule has 1 atom stereocenters. The molecule has 1 unspecified atom stereocenters. The summed E-state index contributed by atoms with van der Waals surface area (Å²) in [6.07, 6.45) is 1.77. The molecule has 1 aromatic carbocycles. The highest BCUT2D eigenvalue weighted by molar-refractivity contribution is 6.30. The predicted octanol–water partition coefficient (Wildman–Crippen LogP) is 3.70. The van der Waals surface area contributed by atoms with E-state index < -0.39 is 0 Å². The molecule has 0 aliphatic carbocycles. The van der Waals surface area contributed by atoms with Gasteiger partial charge in [0.25, 0.3) is 0 Å². The van der Waals surface area contributed by atoms with Crippen molar-refractivity contribution < 1.29 is 9.52 Å². The summed E-state index contributed by atoms with van der Waals surface area (Å²) in [4.78, 5) is 4.44. The number of halogens is 1. The lowest BCUT2D eigenvalue weighted by Crippen LogP contribution is -2.22. The van der Waals surface area contributed by atoms with Gasteiger partial charge >= 0.3 is 0 Å². The van der Waals surface area contributed by atoms with Crippen molar-refractivity contribution >= 4 is 11.6 Å². The van der Waals surface area contributed by atoms with Gasteiger partial charge in [0.05, 0.1) is 18.3 Å². The Labute approximate surface area is 139 Å². The summed E-state index contributed by atoms with van der Waals surface area (Å²) in [5.74, 6) is 1.32. The van der Waals surface area contributed by atoms with Crippen molar-refractivity contribution in [3.8, 4) is 0 Å². The van der Waals surface area contributed by atoms with Crippen LogP contribution in [0, 0.1) is 0 Å². The van der Waals surface area contributed by atoms with E-state index in [1.165, 1.54) is 0 Å². The average Bonchev–Trinajstić information content (AvgIpc) is 3.04. The Balaban J connectivity index is 1.83. The van der Waals surface area contributed by atoms with Gasteiger partial charge in [-0.05, 0) is 42.0 Å². The second-order valence-corrected chi connectivity index (χ2v) is 5.59. The van der Waals surface area contributed by atoms with Crippen LogP contribution < -0.4 is 5.32 Å². The maximum Gasteiger partial charge on any atom is 0.129 e. The molecule has 5 heteroatoms. The lowest BCUT2D eigenvalue weighted by molar-refractivity contribution is 0.242. The number of rotatable bonds is 6. The molecular weight excluding hydrogens is 312 g/mol. The molecule has 0 aliphatic rings. The van der Waals surface area contributed by atoms with Crippen molar-refractivity contribution in [1.29, 1.82) is 0 Å². The van der Waals surface area contributed by atoms with Crippen molar-refractivity contribution in [3.63, 3.8) is 0 Å². The summed E-state index contributed by atoms with van der Waals surface area (Å²) in [5, 5.41) is 13.2. The van der Waals surface area contributed by atoms with Gasteiger partial charge in [-0.15, -0.1) is 0 Å². The Morgan fingerprint density at radius 2 is 1.96 bits per heavy atom. The third-order valence-corrected chi connectivity index (χ3v) is 3.75. The standard InChI is InChI=1S/C18H17ClN2O2/c19-14-5-3-4-13(10-14)18(17-6-1-2-9-20-17)21-11-15-7-8-16(12-22)23-15/h1-10,18,21-22H,11-12H2. The van der Waals surface area contributed by atoms with Crippen molar-refractivity contribution in [1.82, 2.24) is 10.3 Å². The SMILES string of the molecule is OCc1ccc(CNC(c2cccc(Cl)c2)c2ccccn2)o1. The number of furan rings is 1. The van der Waals surface area contributed by atoms with E-state index in [2.05, 4.69) is 10.3 Å². The summed E-state index contributed by atoms with van der Waals surface area (Å²) in [5.41, 5.74) is 1.94. The van der Waals surface area contributed by atoms with Crippen LogP contribution in [0.1, 0.15) is 28.8 Å². The van der Waals surface area contributed by atoms with Gasteiger partial charge in [-0.25, -0.2) is 0 Å². The molecule has 118 valence electrons. The summed E-state index contributed by atoms with van der Waals surface area (Å²) >= 11 is 6.12. The quantitative estimate of drug-likeness (QED) is 0.724. The van der Waals surface area contributed by atoms with Crippen LogP contribution in [0.3, 0.4) is 0 Å². The van der Waals surface area contributed by atoms with E-state index in [4.69, 9.17) is 21.1 Å². The Bertz CT molecular complexity index is 758. The molecule has 2 heterocycles. The number of hydrogen-bond donors (Lipinski definition) is 2. The van der Waals surface area contributed by atoms with Crippen molar-refractivity contribution in [3.05, 3.63) is 88.6 Å². The Morgan fingerprint density at radius 3 is 2.65 bits per heavy atom. The monoisotopic (exact) mass is 328 g/mol. The number of hydrogen-bond acceptors (Lipinski definition) is 4. The normalized spacial score (nSPS) is 12.3. The number of aliphatic hydroxyl groups is 1. The van der Waals surface area contributed by atoms with Crippen molar-refractivity contribution in [2.75, 3.05) is 0 Å². The minimum absolute atomic E-state index is 0.0992. The molecule has 3 rings (SSSR count). The molecule has 23 heavy (non-hydrogen) atoms. The molecule has 0 bridgehead atoms. The Hall–Kier alpha value is -2.14. The maximum atomic E-state index is 9.08. The van der Waals surface area contributed by atoms with Crippen molar-refractivity contribution in [2.24, 2.45) is 0 Å². The lowest BCUT2D eigenvalue weighted by atomic mass is 10.0. The minimum atomic E-state index is -0.0995. The molecule has 0 saturated carbocycles. The number of aromatic nitrogens is 1. The average molecular weight is 329 g/mol. The van der Waals surface area contributed by atoms with Crippen LogP contribution in [-0.4, -0.2) is 10.1 Å². The topological polar surface area (TPSA) is 58.3 Å². The minimum Gasteiger partial charge on any atom is -0.462 e. The highest BCUT2D eigenvalue weighted by atomic mass is 35.5. The summed E-state index contributed by atoms with van der Waals surface area (Å²) in [6.45, 7) is 0.422. The molecule has 0 saturated heterocycles. The number of benzene rings is 1. The van der Waals surface area contributed by atoms with Gasteiger partial charge in [0.15, 0.2) is 0 Å². The molecule has 3 aromatic rings. The van der Waals surface area contributed by atoms with E-state index in [0.717, 1.165) is 17.0 Å². The molecule has 0 fully saturated rings. The first kappa shape index (κ1) is 15.7. The molecular formula is C18H17ClN2O2. The highest BCUT2D eigenvalue weighted by Gasteiger charge is 2.16. The van der Waals surface area contributed by atoms with Crippen LogP contribution in [0.15, 0.2) is 65.2 Å². The lowest BCUT2D eigenvalue weighted by Gasteiger charge is -2.18. The zero-order valence-electron chi connectivity index (χ0n) is 12.4. The molecule has 4 nitrogen and oxygen atoms in total. The molecule has 0 radical (unpaired) electrons. The zero-order valence-corrected chi connectivity index (χ0v) is 13.2. The van der Waals surface area contributed by atoms with Crippen LogP contribution in [-0.2, 0) is 13.2 Å².